The first-order valence-electron chi connectivity index (χ1n) is 10.4. The molecule has 0 saturated carbocycles. The van der Waals surface area contributed by atoms with Gasteiger partial charge >= 0.3 is 0 Å². The molecule has 2 heterocycles. The minimum absolute atomic E-state index is 0.137. The van der Waals surface area contributed by atoms with Crippen molar-refractivity contribution in [3.05, 3.63) is 75.3 Å². The number of likely N-dealkylation sites (tertiary alicyclic amines) is 1. The van der Waals surface area contributed by atoms with Gasteiger partial charge in [-0.15, -0.1) is 0 Å². The second kappa shape index (κ2) is 9.34. The molecule has 4 rings (SSSR count). The van der Waals surface area contributed by atoms with E-state index < -0.39 is 17.7 Å². The molecule has 2 fully saturated rings. The first kappa shape index (κ1) is 21.7. The molecule has 1 atom stereocenters. The summed E-state index contributed by atoms with van der Waals surface area (Å²) < 4.78 is 6.30. The van der Waals surface area contributed by atoms with E-state index in [-0.39, 0.29) is 11.3 Å². The maximum atomic E-state index is 13.0. The molecule has 0 bridgehead atoms. The Morgan fingerprint density at radius 2 is 1.68 bits per heavy atom. The number of hydrogen-bond donors (Lipinski definition) is 1. The van der Waals surface area contributed by atoms with Gasteiger partial charge in [-0.25, -0.2) is 0 Å². The van der Waals surface area contributed by atoms with Crippen molar-refractivity contribution >= 4 is 33.4 Å². The van der Waals surface area contributed by atoms with Crippen LogP contribution in [0.5, 0.6) is 0 Å². The van der Waals surface area contributed by atoms with Crippen molar-refractivity contribution in [2.45, 2.75) is 13.0 Å². The van der Waals surface area contributed by atoms with Crippen LogP contribution in [0.3, 0.4) is 0 Å². The van der Waals surface area contributed by atoms with Crippen LogP contribution >= 0.6 is 15.9 Å². The van der Waals surface area contributed by atoms with Gasteiger partial charge in [-0.2, -0.15) is 0 Å². The SMILES string of the molecule is Cc1ccc(/C(O)=C2/C(=O)C(=O)N(CCN3CCOCC3)C2c2ccc(Br)cc2)cc1. The molecule has 0 radical (unpaired) electrons. The number of halogens is 1. The summed E-state index contributed by atoms with van der Waals surface area (Å²) in [4.78, 5) is 29.9. The lowest BCUT2D eigenvalue weighted by Gasteiger charge is -2.31. The first-order chi connectivity index (χ1) is 15.0. The molecular formula is C24H25BrN2O4. The van der Waals surface area contributed by atoms with Crippen molar-refractivity contribution < 1.29 is 19.4 Å². The number of aliphatic hydroxyl groups excluding tert-OH is 1. The number of nitrogens with zero attached hydrogens (tertiary/aromatic N) is 2. The number of aliphatic hydroxyl groups is 1. The third-order valence-electron chi connectivity index (χ3n) is 5.81. The van der Waals surface area contributed by atoms with Crippen LogP contribution in [0.2, 0.25) is 0 Å². The number of rotatable bonds is 5. The molecule has 0 spiro atoms. The number of amides is 1. The molecule has 2 aliphatic rings. The lowest BCUT2D eigenvalue weighted by atomic mass is 9.95. The maximum Gasteiger partial charge on any atom is 0.295 e. The minimum atomic E-state index is -0.645. The zero-order chi connectivity index (χ0) is 22.0. The van der Waals surface area contributed by atoms with Crippen LogP contribution in [0.25, 0.3) is 5.76 Å². The highest BCUT2D eigenvalue weighted by atomic mass is 79.9. The number of aryl methyl sites for hydroxylation is 1. The van der Waals surface area contributed by atoms with Crippen molar-refractivity contribution in [2.75, 3.05) is 39.4 Å². The molecule has 2 aromatic rings. The van der Waals surface area contributed by atoms with Crippen molar-refractivity contribution in [2.24, 2.45) is 0 Å². The molecule has 2 aliphatic heterocycles. The Bertz CT molecular complexity index is 995. The molecule has 6 nitrogen and oxygen atoms in total. The Labute approximate surface area is 190 Å². The molecule has 1 N–H and O–H groups in total. The van der Waals surface area contributed by atoms with Crippen molar-refractivity contribution in [1.29, 1.82) is 0 Å². The van der Waals surface area contributed by atoms with Gasteiger partial charge in [0.15, 0.2) is 0 Å². The van der Waals surface area contributed by atoms with Gasteiger partial charge in [-0.05, 0) is 24.6 Å². The van der Waals surface area contributed by atoms with E-state index in [1.54, 1.807) is 17.0 Å². The fourth-order valence-corrected chi connectivity index (χ4v) is 4.31. The lowest BCUT2D eigenvalue weighted by molar-refractivity contribution is -0.140. The number of carbonyl (C=O) groups is 2. The number of ketones is 1. The molecule has 0 aliphatic carbocycles. The van der Waals surface area contributed by atoms with Gasteiger partial charge in [0.2, 0.25) is 0 Å². The Hall–Kier alpha value is -2.48. The summed E-state index contributed by atoms with van der Waals surface area (Å²) in [6.45, 7) is 5.94. The monoisotopic (exact) mass is 484 g/mol. The molecule has 2 aromatic carbocycles. The molecular weight excluding hydrogens is 460 g/mol. The van der Waals surface area contributed by atoms with Gasteiger partial charge in [0.25, 0.3) is 11.7 Å². The van der Waals surface area contributed by atoms with Crippen molar-refractivity contribution in [3.63, 3.8) is 0 Å². The number of benzene rings is 2. The summed E-state index contributed by atoms with van der Waals surface area (Å²) >= 11 is 3.44. The number of ether oxygens (including phenoxy) is 1. The third kappa shape index (κ3) is 4.59. The van der Waals surface area contributed by atoms with Crippen LogP contribution in [-0.4, -0.2) is 66.0 Å². The van der Waals surface area contributed by atoms with Crippen LogP contribution in [0, 0.1) is 6.92 Å². The van der Waals surface area contributed by atoms with E-state index in [1.165, 1.54) is 0 Å². The number of Topliss-reactive ketones (excluding diaryl/α,β-unsaturated/α-hetero) is 1. The van der Waals surface area contributed by atoms with Crippen LogP contribution in [0.4, 0.5) is 0 Å². The summed E-state index contributed by atoms with van der Waals surface area (Å²) in [7, 11) is 0. The Kier molecular flexibility index (Phi) is 6.55. The smallest absolute Gasteiger partial charge is 0.295 e. The van der Waals surface area contributed by atoms with E-state index in [0.29, 0.717) is 31.9 Å². The predicted molar refractivity (Wildman–Crippen MR) is 122 cm³/mol. The summed E-state index contributed by atoms with van der Waals surface area (Å²) in [6.07, 6.45) is 0. The van der Waals surface area contributed by atoms with Crippen LogP contribution in [0.1, 0.15) is 22.7 Å². The highest BCUT2D eigenvalue weighted by molar-refractivity contribution is 9.10. The average molecular weight is 485 g/mol. The minimum Gasteiger partial charge on any atom is -0.507 e. The molecule has 0 aromatic heterocycles. The van der Waals surface area contributed by atoms with E-state index in [2.05, 4.69) is 20.8 Å². The molecule has 162 valence electrons. The van der Waals surface area contributed by atoms with Gasteiger partial charge in [0, 0.05) is 36.2 Å². The third-order valence-corrected chi connectivity index (χ3v) is 6.34. The van der Waals surface area contributed by atoms with E-state index in [4.69, 9.17) is 4.74 Å². The molecule has 31 heavy (non-hydrogen) atoms. The van der Waals surface area contributed by atoms with E-state index in [9.17, 15) is 14.7 Å². The second-order valence-electron chi connectivity index (χ2n) is 7.86. The number of hydrogen-bond acceptors (Lipinski definition) is 5. The van der Waals surface area contributed by atoms with E-state index in [0.717, 1.165) is 28.7 Å². The zero-order valence-corrected chi connectivity index (χ0v) is 19.0. The first-order valence-corrected chi connectivity index (χ1v) is 11.2. The molecule has 1 amide bonds. The average Bonchev–Trinajstić information content (AvgIpc) is 3.04. The van der Waals surface area contributed by atoms with Gasteiger partial charge in [0.05, 0.1) is 24.8 Å². The van der Waals surface area contributed by atoms with Crippen LogP contribution < -0.4 is 0 Å². The summed E-state index contributed by atoms with van der Waals surface area (Å²) in [5.41, 5.74) is 2.50. The fraction of sp³-hybridized carbons (Fsp3) is 0.333. The maximum absolute atomic E-state index is 13.0. The van der Waals surface area contributed by atoms with E-state index >= 15 is 0 Å². The molecule has 1 unspecified atom stereocenters. The van der Waals surface area contributed by atoms with Crippen LogP contribution in [0.15, 0.2) is 58.6 Å². The number of carbonyl (C=O) groups excluding carboxylic acids is 2. The summed E-state index contributed by atoms with van der Waals surface area (Å²) in [5, 5.41) is 11.1. The molecule has 7 heteroatoms. The highest BCUT2D eigenvalue weighted by Crippen LogP contribution is 2.39. The Balaban J connectivity index is 1.72. The van der Waals surface area contributed by atoms with Gasteiger partial charge in [0.1, 0.15) is 5.76 Å². The Morgan fingerprint density at radius 3 is 2.32 bits per heavy atom. The zero-order valence-electron chi connectivity index (χ0n) is 17.4. The normalized spacial score (nSPS) is 21.6. The van der Waals surface area contributed by atoms with E-state index in [1.807, 2.05) is 43.3 Å². The largest absolute Gasteiger partial charge is 0.507 e. The Morgan fingerprint density at radius 1 is 1.03 bits per heavy atom. The standard InChI is InChI=1S/C24H25BrN2O4/c1-16-2-4-18(5-3-16)22(28)20-21(17-6-8-19(25)9-7-17)27(24(30)23(20)29)11-10-26-12-14-31-15-13-26/h2-9,21,28H,10-15H2,1H3/b22-20-. The summed E-state index contributed by atoms with van der Waals surface area (Å²) in [5.74, 6) is -1.36. The second-order valence-corrected chi connectivity index (χ2v) is 8.78. The number of morpholine rings is 1. The van der Waals surface area contributed by atoms with Crippen LogP contribution in [-0.2, 0) is 14.3 Å². The molecule has 2 saturated heterocycles. The highest BCUT2D eigenvalue weighted by Gasteiger charge is 2.46. The predicted octanol–water partition coefficient (Wildman–Crippen LogP) is 3.51. The quantitative estimate of drug-likeness (QED) is 0.399. The van der Waals surface area contributed by atoms with Crippen molar-refractivity contribution in [1.82, 2.24) is 9.80 Å². The fourth-order valence-electron chi connectivity index (χ4n) is 4.04. The lowest BCUT2D eigenvalue weighted by Crippen LogP contribution is -2.42. The van der Waals surface area contributed by atoms with Gasteiger partial charge in [-0.1, -0.05) is 57.9 Å². The topological polar surface area (TPSA) is 70.1 Å². The van der Waals surface area contributed by atoms with Gasteiger partial charge in [-0.3, -0.25) is 14.5 Å². The summed E-state index contributed by atoms with van der Waals surface area (Å²) in [6, 6.07) is 14.2. The van der Waals surface area contributed by atoms with Gasteiger partial charge < -0.3 is 14.7 Å². The van der Waals surface area contributed by atoms with Crippen molar-refractivity contribution in [3.8, 4) is 0 Å².